The predicted octanol–water partition coefficient (Wildman–Crippen LogP) is 9.98. The number of ether oxygens (including phenoxy) is 4. The number of piperazine rings is 1. The summed E-state index contributed by atoms with van der Waals surface area (Å²) in [6.45, 7) is 18.6. The number of hydrogen-bond donors (Lipinski definition) is 4. The fraction of sp³-hybridized carbons (Fsp3) is 0.433. The van der Waals surface area contributed by atoms with Crippen LogP contribution in [0.5, 0.6) is 17.5 Å². The Balaban J connectivity index is 0.692. The molecular formula is C67H76Cl2F2N10O8. The van der Waals surface area contributed by atoms with Gasteiger partial charge in [-0.25, -0.2) is 8.78 Å². The summed E-state index contributed by atoms with van der Waals surface area (Å²) < 4.78 is 56.6. The van der Waals surface area contributed by atoms with E-state index < -0.39 is 52.3 Å². The number of methoxy groups -OCH3 is 1. The molecule has 0 spiro atoms. The lowest BCUT2D eigenvalue weighted by Gasteiger charge is -2.38. The molecule has 5 atom stereocenters. The molecule has 4 aliphatic heterocycles. The predicted molar refractivity (Wildman–Crippen MR) is 339 cm³/mol. The van der Waals surface area contributed by atoms with Crippen LogP contribution in [-0.2, 0) is 37.4 Å². The SMILES string of the molecule is C=CC(=O)N1CCN(c2nc(O[C@H](C)CN3CCC(OCCOCCNC(=O)c4ccc(NC(=O)[C@@H]5N[C@@H](CC(C)(C)C)[C@](C#N)(c6ccc(Cl)cc6F)C5c5cccc(Cl)c5F)c(OC)c4)CC3)nc3c2CCN(c2cc(O)cc4ccccc24)C3)CC1. The molecule has 1 aromatic heterocycles. The molecule has 5 aromatic carbocycles. The van der Waals surface area contributed by atoms with Crippen LogP contribution in [0.4, 0.5) is 26.0 Å². The van der Waals surface area contributed by atoms with Gasteiger partial charge in [-0.2, -0.15) is 15.2 Å². The molecular weight excluding hydrogens is 1180 g/mol. The number of benzene rings is 5. The molecule has 0 saturated carbocycles. The van der Waals surface area contributed by atoms with Gasteiger partial charge in [-0.3, -0.25) is 19.3 Å². The Labute approximate surface area is 528 Å². The Morgan fingerprint density at radius 3 is 2.44 bits per heavy atom. The Kier molecular flexibility index (Phi) is 20.3. The Morgan fingerprint density at radius 1 is 0.933 bits per heavy atom. The van der Waals surface area contributed by atoms with E-state index in [0.29, 0.717) is 77.9 Å². The van der Waals surface area contributed by atoms with Gasteiger partial charge in [0, 0.05) is 110 Å². The number of likely N-dealkylation sites (tertiary alicyclic amines) is 1. The third kappa shape index (κ3) is 14.5. The smallest absolute Gasteiger partial charge is 0.318 e. The van der Waals surface area contributed by atoms with Crippen LogP contribution >= 0.6 is 23.2 Å². The van der Waals surface area contributed by atoms with Gasteiger partial charge in [-0.1, -0.05) is 93.0 Å². The van der Waals surface area contributed by atoms with Crippen molar-refractivity contribution in [3.05, 3.63) is 153 Å². The highest BCUT2D eigenvalue weighted by atomic mass is 35.5. The molecule has 6 aromatic rings. The zero-order valence-electron chi connectivity index (χ0n) is 50.8. The maximum Gasteiger partial charge on any atom is 0.318 e. The summed E-state index contributed by atoms with van der Waals surface area (Å²) in [5.74, 6) is -2.84. The number of aromatic nitrogens is 2. The van der Waals surface area contributed by atoms with Gasteiger partial charge < -0.3 is 54.7 Å². The van der Waals surface area contributed by atoms with Crippen molar-refractivity contribution < 1.29 is 47.2 Å². The standard InChI is InChI=1S/C67H76Cl2F2N10O8/c1-7-58(83)79-26-28-80(29-27-79)62-48-21-25-81(55-36-45(82)33-42-11-8-9-12-47(42)55)39-54(48)75-65(77-62)89-41(2)38-78-23-19-46(20-24-78)88-32-31-87-30-22-73-63(84)43-15-18-53(56(34-43)86-6)74-64(85)61-59(49-13-10-14-51(69)60(49)71)67(40-72,57(76-61)37-66(3,4)5)50-17-16-44(68)35-52(50)70/h7-18,33-36,41,46,57,59,61,76,82H,1,19-32,37-39H2,2-6H3,(H,73,84)(H,74,85)/t41-,57+,59?,61-,67+/m1/s1. The number of nitriles is 1. The molecule has 3 fully saturated rings. The molecule has 4 aliphatic rings. The Morgan fingerprint density at radius 2 is 1.71 bits per heavy atom. The number of nitrogens with one attached hydrogen (secondary N) is 3. The van der Waals surface area contributed by atoms with Gasteiger partial charge >= 0.3 is 6.01 Å². The Bertz CT molecular complexity index is 3630. The average Bonchev–Trinajstić information content (AvgIpc) is 1.60. The number of fused-ring (bicyclic) bond motifs is 2. The van der Waals surface area contributed by atoms with Crippen molar-refractivity contribution in [1.82, 2.24) is 30.4 Å². The van der Waals surface area contributed by atoms with E-state index in [-0.39, 0.29) is 75.2 Å². The number of hydrogen-bond acceptors (Lipinski definition) is 15. The van der Waals surface area contributed by atoms with Crippen molar-refractivity contribution in [1.29, 1.82) is 5.26 Å². The maximum absolute atomic E-state index is 16.2. The molecule has 18 nitrogen and oxygen atoms in total. The topological polar surface area (TPSA) is 207 Å². The van der Waals surface area contributed by atoms with Crippen LogP contribution in [0, 0.1) is 28.4 Å². The second-order valence-electron chi connectivity index (χ2n) is 24.4. The number of phenols is 1. The number of amides is 3. The van der Waals surface area contributed by atoms with Crippen molar-refractivity contribution >= 4 is 68.9 Å². The molecule has 5 heterocycles. The molecule has 0 bridgehead atoms. The third-order valence-electron chi connectivity index (χ3n) is 17.2. The van der Waals surface area contributed by atoms with Crippen molar-refractivity contribution in [2.45, 2.75) is 95.5 Å². The number of piperidine rings is 1. The Hall–Kier alpha value is -7.64. The number of rotatable bonds is 21. The lowest BCUT2D eigenvalue weighted by Crippen LogP contribution is -2.49. The number of anilines is 3. The van der Waals surface area contributed by atoms with Gasteiger partial charge in [0.2, 0.25) is 11.8 Å². The van der Waals surface area contributed by atoms with E-state index in [1.54, 1.807) is 11.0 Å². The number of aromatic hydroxyl groups is 1. The molecule has 470 valence electrons. The highest BCUT2D eigenvalue weighted by Gasteiger charge is 2.61. The summed E-state index contributed by atoms with van der Waals surface area (Å²) in [6.07, 6.45) is 3.86. The number of nitrogens with zero attached hydrogens (tertiary/aromatic N) is 7. The lowest BCUT2D eigenvalue weighted by atomic mass is 9.62. The minimum absolute atomic E-state index is 0.0446. The second kappa shape index (κ2) is 28.0. The number of phenolic OH excluding ortho intramolecular Hbond substituents is 1. The van der Waals surface area contributed by atoms with Crippen LogP contribution in [0.1, 0.15) is 85.6 Å². The van der Waals surface area contributed by atoms with Crippen LogP contribution in [0.2, 0.25) is 10.0 Å². The number of carbonyl (C=O) groups excluding carboxylic acids is 3. The van der Waals surface area contributed by atoms with Crippen molar-refractivity contribution in [2.75, 3.05) is 101 Å². The molecule has 0 radical (unpaired) electrons. The first-order valence-corrected chi connectivity index (χ1v) is 31.0. The van der Waals surface area contributed by atoms with Crippen LogP contribution < -0.4 is 35.2 Å². The van der Waals surface area contributed by atoms with E-state index in [2.05, 4.69) is 49.4 Å². The van der Waals surface area contributed by atoms with Crippen molar-refractivity contribution in [3.63, 3.8) is 0 Å². The third-order valence-corrected chi connectivity index (χ3v) is 17.7. The molecule has 0 aliphatic carbocycles. The van der Waals surface area contributed by atoms with E-state index in [9.17, 15) is 24.8 Å². The summed E-state index contributed by atoms with van der Waals surface area (Å²) >= 11 is 12.5. The van der Waals surface area contributed by atoms with Gasteiger partial charge in [0.05, 0.1) is 68.1 Å². The van der Waals surface area contributed by atoms with Gasteiger partial charge in [0.25, 0.3) is 5.91 Å². The van der Waals surface area contributed by atoms with Gasteiger partial charge in [-0.05, 0) is 97.5 Å². The summed E-state index contributed by atoms with van der Waals surface area (Å²) in [7, 11) is 1.39. The normalized spacial score (nSPS) is 20.2. The van der Waals surface area contributed by atoms with Crippen molar-refractivity contribution in [3.8, 4) is 23.6 Å². The monoisotopic (exact) mass is 1260 g/mol. The van der Waals surface area contributed by atoms with Gasteiger partial charge in [0.1, 0.15) is 40.5 Å². The molecule has 22 heteroatoms. The van der Waals surface area contributed by atoms with Gasteiger partial charge in [0.15, 0.2) is 0 Å². The van der Waals surface area contributed by atoms with E-state index in [0.717, 1.165) is 65.5 Å². The zero-order valence-corrected chi connectivity index (χ0v) is 52.3. The van der Waals surface area contributed by atoms with E-state index in [4.69, 9.17) is 52.1 Å². The largest absolute Gasteiger partial charge is 0.508 e. The lowest BCUT2D eigenvalue weighted by molar-refractivity contribution is -0.126. The van der Waals surface area contributed by atoms with Crippen LogP contribution in [-0.4, -0.2) is 153 Å². The molecule has 1 unspecified atom stereocenters. The van der Waals surface area contributed by atoms with Crippen LogP contribution in [0.25, 0.3) is 10.8 Å². The van der Waals surface area contributed by atoms with Crippen LogP contribution in [0.3, 0.4) is 0 Å². The fourth-order valence-corrected chi connectivity index (χ4v) is 13.3. The fourth-order valence-electron chi connectivity index (χ4n) is 13.0. The van der Waals surface area contributed by atoms with E-state index in [1.807, 2.05) is 52.0 Å². The second-order valence-corrected chi connectivity index (χ2v) is 25.2. The van der Waals surface area contributed by atoms with Crippen molar-refractivity contribution in [2.24, 2.45) is 5.41 Å². The molecule has 3 saturated heterocycles. The highest BCUT2D eigenvalue weighted by Crippen LogP contribution is 2.53. The zero-order chi connectivity index (χ0) is 63.1. The highest BCUT2D eigenvalue weighted by molar-refractivity contribution is 6.31. The first-order valence-electron chi connectivity index (χ1n) is 30.2. The minimum Gasteiger partial charge on any atom is -0.508 e. The first kappa shape index (κ1) is 64.3. The van der Waals surface area contributed by atoms with Crippen LogP contribution in [0.15, 0.2) is 104 Å². The summed E-state index contributed by atoms with van der Waals surface area (Å²) in [6, 6.07) is 25.0. The quantitative estimate of drug-likeness (QED) is 0.0391. The molecule has 3 amide bonds. The summed E-state index contributed by atoms with van der Waals surface area (Å²) in [4.78, 5) is 59.2. The summed E-state index contributed by atoms with van der Waals surface area (Å²) in [5.41, 5.74) is 0.989. The summed E-state index contributed by atoms with van der Waals surface area (Å²) in [5, 5.41) is 32.9. The number of carbonyl (C=O) groups is 3. The first-order chi connectivity index (χ1) is 42.8. The molecule has 89 heavy (non-hydrogen) atoms. The number of halogens is 4. The van der Waals surface area contributed by atoms with E-state index >= 15 is 8.78 Å². The minimum atomic E-state index is -1.82. The molecule has 4 N–H and O–H groups in total. The van der Waals surface area contributed by atoms with E-state index in [1.165, 1.54) is 61.7 Å². The maximum atomic E-state index is 16.2. The average molecular weight is 1260 g/mol. The van der Waals surface area contributed by atoms with Gasteiger partial charge in [-0.15, -0.1) is 0 Å². The molecule has 10 rings (SSSR count).